The molecule has 2 atom stereocenters. The molecule has 0 aliphatic rings. The second-order valence-electron chi connectivity index (χ2n) is 6.62. The molecule has 0 bridgehead atoms. The van der Waals surface area contributed by atoms with Crippen LogP contribution in [0.3, 0.4) is 0 Å². The second kappa shape index (κ2) is 7.44. The van der Waals surface area contributed by atoms with Crippen molar-refractivity contribution in [2.24, 2.45) is 5.92 Å². The molecule has 0 saturated heterocycles. The fourth-order valence-corrected chi connectivity index (χ4v) is 2.22. The molecular formula is C17H24FNO4. The van der Waals surface area contributed by atoms with Gasteiger partial charge in [-0.25, -0.2) is 9.18 Å². The molecule has 1 aromatic rings. The van der Waals surface area contributed by atoms with Crippen molar-refractivity contribution in [2.75, 3.05) is 13.6 Å². The first kappa shape index (κ1) is 18.9. The van der Waals surface area contributed by atoms with Crippen LogP contribution in [0.25, 0.3) is 0 Å². The molecule has 0 radical (unpaired) electrons. The highest BCUT2D eigenvalue weighted by atomic mass is 19.1. The lowest BCUT2D eigenvalue weighted by atomic mass is 9.87. The number of carbonyl (C=O) groups is 2. The van der Waals surface area contributed by atoms with Gasteiger partial charge in [0, 0.05) is 13.6 Å². The van der Waals surface area contributed by atoms with Crippen LogP contribution in [0.1, 0.15) is 39.2 Å². The van der Waals surface area contributed by atoms with E-state index < -0.39 is 35.3 Å². The minimum Gasteiger partial charge on any atom is -0.481 e. The van der Waals surface area contributed by atoms with E-state index in [9.17, 15) is 19.1 Å². The number of aliphatic carboxylic acids is 1. The number of halogens is 1. The third kappa shape index (κ3) is 5.54. The van der Waals surface area contributed by atoms with Crippen molar-refractivity contribution in [3.8, 4) is 0 Å². The third-order valence-corrected chi connectivity index (χ3v) is 3.49. The van der Waals surface area contributed by atoms with E-state index in [0.29, 0.717) is 5.56 Å². The quantitative estimate of drug-likeness (QED) is 0.900. The molecule has 1 N–H and O–H groups in total. The predicted molar refractivity (Wildman–Crippen MR) is 84.8 cm³/mol. The van der Waals surface area contributed by atoms with E-state index in [1.54, 1.807) is 45.9 Å². The number of carbonyl (C=O) groups excluding carboxylic acids is 1. The van der Waals surface area contributed by atoms with Gasteiger partial charge in [0.2, 0.25) is 0 Å². The number of hydrogen-bond acceptors (Lipinski definition) is 3. The zero-order chi connectivity index (χ0) is 17.8. The van der Waals surface area contributed by atoms with Gasteiger partial charge in [-0.1, -0.05) is 25.1 Å². The molecule has 23 heavy (non-hydrogen) atoms. The molecule has 5 nitrogen and oxygen atoms in total. The zero-order valence-corrected chi connectivity index (χ0v) is 14.2. The fraction of sp³-hybridized carbons (Fsp3) is 0.529. The van der Waals surface area contributed by atoms with Crippen LogP contribution in [0, 0.1) is 11.7 Å². The molecule has 6 heteroatoms. The van der Waals surface area contributed by atoms with Crippen molar-refractivity contribution in [1.82, 2.24) is 4.90 Å². The minimum absolute atomic E-state index is 0.0697. The smallest absolute Gasteiger partial charge is 0.410 e. The van der Waals surface area contributed by atoms with E-state index in [4.69, 9.17) is 4.74 Å². The summed E-state index contributed by atoms with van der Waals surface area (Å²) in [5.41, 5.74) is -0.348. The molecule has 1 rings (SSSR count). The Morgan fingerprint density at radius 1 is 1.30 bits per heavy atom. The average Bonchev–Trinajstić information content (AvgIpc) is 2.42. The van der Waals surface area contributed by atoms with Crippen LogP contribution in [0.4, 0.5) is 9.18 Å². The average molecular weight is 325 g/mol. The lowest BCUT2D eigenvalue weighted by molar-refractivity contribution is -0.142. The van der Waals surface area contributed by atoms with Gasteiger partial charge < -0.3 is 14.7 Å². The molecule has 0 aliphatic carbocycles. The van der Waals surface area contributed by atoms with Crippen LogP contribution in [0.5, 0.6) is 0 Å². The van der Waals surface area contributed by atoms with Gasteiger partial charge in [0.25, 0.3) is 0 Å². The van der Waals surface area contributed by atoms with Gasteiger partial charge in [-0.2, -0.15) is 0 Å². The number of carboxylic acids is 1. The normalized spacial score (nSPS) is 14.0. The molecule has 128 valence electrons. The first-order chi connectivity index (χ1) is 10.5. The Morgan fingerprint density at radius 3 is 2.35 bits per heavy atom. The maximum Gasteiger partial charge on any atom is 0.410 e. The molecule has 0 spiro atoms. The molecule has 1 amide bonds. The first-order valence-electron chi connectivity index (χ1n) is 7.44. The van der Waals surface area contributed by atoms with Crippen LogP contribution in [-0.2, 0) is 9.53 Å². The Hall–Kier alpha value is -2.11. The highest BCUT2D eigenvalue weighted by Crippen LogP contribution is 2.27. The summed E-state index contributed by atoms with van der Waals surface area (Å²) in [5.74, 6) is -3.06. The van der Waals surface area contributed by atoms with Gasteiger partial charge in [-0.3, -0.25) is 4.79 Å². The maximum atomic E-state index is 13.9. The Kier molecular flexibility index (Phi) is 6.12. The van der Waals surface area contributed by atoms with Crippen LogP contribution in [-0.4, -0.2) is 41.3 Å². The monoisotopic (exact) mass is 325 g/mol. The number of carboxylic acid groups (broad SMARTS) is 1. The van der Waals surface area contributed by atoms with Crippen molar-refractivity contribution in [3.63, 3.8) is 0 Å². The van der Waals surface area contributed by atoms with Crippen molar-refractivity contribution < 1.29 is 23.8 Å². The van der Waals surface area contributed by atoms with Crippen molar-refractivity contribution in [1.29, 1.82) is 0 Å². The number of rotatable bonds is 5. The summed E-state index contributed by atoms with van der Waals surface area (Å²) in [5, 5.41) is 9.46. The largest absolute Gasteiger partial charge is 0.481 e. The summed E-state index contributed by atoms with van der Waals surface area (Å²) in [6.45, 7) is 6.76. The number of amides is 1. The summed E-state index contributed by atoms with van der Waals surface area (Å²) in [7, 11) is 1.47. The maximum absolute atomic E-state index is 13.9. The van der Waals surface area contributed by atoms with Gasteiger partial charge in [0.05, 0.1) is 5.92 Å². The molecule has 2 unspecified atom stereocenters. The van der Waals surface area contributed by atoms with Crippen molar-refractivity contribution in [3.05, 3.63) is 35.6 Å². The lowest BCUT2D eigenvalue weighted by Gasteiger charge is -2.28. The van der Waals surface area contributed by atoms with Gasteiger partial charge >= 0.3 is 12.1 Å². The van der Waals surface area contributed by atoms with E-state index in [0.717, 1.165) is 0 Å². The highest BCUT2D eigenvalue weighted by Gasteiger charge is 2.31. The number of benzene rings is 1. The molecule has 0 saturated carbocycles. The highest BCUT2D eigenvalue weighted by molar-refractivity contribution is 5.73. The SMILES string of the molecule is CC(c1ccccc1F)C(CN(C)C(=O)OC(C)(C)C)C(=O)O. The van der Waals surface area contributed by atoms with Gasteiger partial charge in [0.15, 0.2) is 0 Å². The Balaban J connectivity index is 2.89. The van der Waals surface area contributed by atoms with E-state index in [1.165, 1.54) is 18.0 Å². The summed E-state index contributed by atoms with van der Waals surface area (Å²) >= 11 is 0. The summed E-state index contributed by atoms with van der Waals surface area (Å²) in [6, 6.07) is 6.06. The van der Waals surface area contributed by atoms with Crippen molar-refractivity contribution >= 4 is 12.1 Å². The van der Waals surface area contributed by atoms with Gasteiger partial charge in [-0.15, -0.1) is 0 Å². The van der Waals surface area contributed by atoms with Gasteiger partial charge in [0.1, 0.15) is 11.4 Å². The second-order valence-corrected chi connectivity index (χ2v) is 6.62. The Labute approximate surface area is 136 Å². The molecule has 0 heterocycles. The molecule has 1 aromatic carbocycles. The third-order valence-electron chi connectivity index (χ3n) is 3.49. The lowest BCUT2D eigenvalue weighted by Crippen LogP contribution is -2.40. The van der Waals surface area contributed by atoms with Crippen LogP contribution in [0.2, 0.25) is 0 Å². The number of nitrogens with zero attached hydrogens (tertiary/aromatic N) is 1. The topological polar surface area (TPSA) is 66.8 Å². The van der Waals surface area contributed by atoms with Crippen LogP contribution >= 0.6 is 0 Å². The summed E-state index contributed by atoms with van der Waals surface area (Å²) < 4.78 is 19.1. The van der Waals surface area contributed by atoms with Crippen LogP contribution in [0.15, 0.2) is 24.3 Å². The first-order valence-corrected chi connectivity index (χ1v) is 7.44. The number of hydrogen-bond donors (Lipinski definition) is 1. The Bertz CT molecular complexity index is 568. The minimum atomic E-state index is -1.09. The van der Waals surface area contributed by atoms with E-state index in [-0.39, 0.29) is 6.54 Å². The van der Waals surface area contributed by atoms with Gasteiger partial charge in [-0.05, 0) is 38.3 Å². The summed E-state index contributed by atoms with van der Waals surface area (Å²) in [6.07, 6.45) is -0.607. The molecule has 0 aromatic heterocycles. The molecular weight excluding hydrogens is 301 g/mol. The molecule has 0 fully saturated rings. The standard InChI is InChI=1S/C17H24FNO4/c1-11(12-8-6-7-9-14(12)18)13(15(20)21)10-19(5)16(22)23-17(2,3)4/h6-9,11,13H,10H2,1-5H3,(H,20,21). The fourth-order valence-electron chi connectivity index (χ4n) is 2.22. The van der Waals surface area contributed by atoms with E-state index in [1.807, 2.05) is 0 Å². The Morgan fingerprint density at radius 2 is 1.87 bits per heavy atom. The summed E-state index contributed by atoms with van der Waals surface area (Å²) in [4.78, 5) is 24.8. The van der Waals surface area contributed by atoms with Crippen molar-refractivity contribution in [2.45, 2.75) is 39.2 Å². The van der Waals surface area contributed by atoms with Crippen LogP contribution < -0.4 is 0 Å². The van der Waals surface area contributed by atoms with E-state index in [2.05, 4.69) is 0 Å². The molecule has 0 aliphatic heterocycles. The predicted octanol–water partition coefficient (Wildman–Crippen LogP) is 3.50. The van der Waals surface area contributed by atoms with E-state index >= 15 is 0 Å². The zero-order valence-electron chi connectivity index (χ0n) is 14.2. The number of ether oxygens (including phenoxy) is 1.